The number of fused-ring (bicyclic) bond motifs is 5. The molecule has 0 spiro atoms. The van der Waals surface area contributed by atoms with Crippen LogP contribution in [-0.4, -0.2) is 37.1 Å². The number of ether oxygens (including phenoxy) is 2. The van der Waals surface area contributed by atoms with Crippen molar-refractivity contribution in [3.63, 3.8) is 0 Å². The lowest BCUT2D eigenvalue weighted by Gasteiger charge is -2.09. The zero-order chi connectivity index (χ0) is 17.9. The zero-order valence-electron chi connectivity index (χ0n) is 15.1. The van der Waals surface area contributed by atoms with Crippen molar-refractivity contribution in [2.45, 2.75) is 13.0 Å². The van der Waals surface area contributed by atoms with Gasteiger partial charge in [-0.05, 0) is 51.3 Å². The quantitative estimate of drug-likeness (QED) is 0.447. The Hall–Kier alpha value is -2.21. The summed E-state index contributed by atoms with van der Waals surface area (Å²) < 4.78 is 12.0. The summed E-state index contributed by atoms with van der Waals surface area (Å²) in [7, 11) is 4.16. The minimum Gasteiger partial charge on any atom is -0.456 e. The van der Waals surface area contributed by atoms with Crippen molar-refractivity contribution in [1.82, 2.24) is 9.88 Å². The van der Waals surface area contributed by atoms with Crippen molar-refractivity contribution in [2.75, 3.05) is 27.2 Å². The van der Waals surface area contributed by atoms with Crippen molar-refractivity contribution in [2.24, 2.45) is 0 Å². The molecule has 5 heteroatoms. The van der Waals surface area contributed by atoms with Crippen LogP contribution in [0, 0.1) is 0 Å². The van der Waals surface area contributed by atoms with Crippen LogP contribution in [0.5, 0.6) is 11.5 Å². The SMILES string of the molecule is CN(C)CCCOCc1nc2c(s1)-c1ccccc1Oc1ccccc1-2. The van der Waals surface area contributed by atoms with Gasteiger partial charge in [-0.3, -0.25) is 0 Å². The average Bonchev–Trinajstić information content (AvgIpc) is 3.01. The molecule has 0 saturated heterocycles. The first kappa shape index (κ1) is 17.2. The lowest BCUT2D eigenvalue weighted by Crippen LogP contribution is -2.14. The van der Waals surface area contributed by atoms with E-state index in [-0.39, 0.29) is 0 Å². The van der Waals surface area contributed by atoms with Crippen LogP contribution < -0.4 is 4.74 Å². The first-order valence-corrected chi connectivity index (χ1v) is 9.63. The van der Waals surface area contributed by atoms with E-state index in [0.717, 1.165) is 57.8 Å². The van der Waals surface area contributed by atoms with Gasteiger partial charge in [0, 0.05) is 17.7 Å². The second-order valence-electron chi connectivity index (χ2n) is 6.59. The minimum absolute atomic E-state index is 0.552. The molecule has 1 aliphatic rings. The largest absolute Gasteiger partial charge is 0.456 e. The number of nitrogens with zero attached hydrogens (tertiary/aromatic N) is 2. The molecule has 2 heterocycles. The van der Waals surface area contributed by atoms with Crippen LogP contribution in [0.3, 0.4) is 0 Å². The fourth-order valence-electron chi connectivity index (χ4n) is 3.05. The molecule has 4 nitrogen and oxygen atoms in total. The van der Waals surface area contributed by atoms with E-state index in [1.807, 2.05) is 36.4 Å². The lowest BCUT2D eigenvalue weighted by atomic mass is 10.1. The molecule has 0 bridgehead atoms. The Kier molecular flexibility index (Phi) is 5.02. The first-order chi connectivity index (χ1) is 12.7. The van der Waals surface area contributed by atoms with Gasteiger partial charge in [0.15, 0.2) is 0 Å². The number of benzene rings is 2. The number of para-hydroxylation sites is 2. The third-order valence-corrected chi connectivity index (χ3v) is 5.35. The number of rotatable bonds is 6. The van der Waals surface area contributed by atoms with E-state index in [4.69, 9.17) is 14.5 Å². The Bertz CT molecular complexity index is 842. The van der Waals surface area contributed by atoms with E-state index < -0.39 is 0 Å². The van der Waals surface area contributed by atoms with Gasteiger partial charge in [0.25, 0.3) is 0 Å². The summed E-state index contributed by atoms with van der Waals surface area (Å²) in [5, 5.41) is 1.01. The van der Waals surface area contributed by atoms with Crippen molar-refractivity contribution in [3.8, 4) is 33.2 Å². The maximum absolute atomic E-state index is 6.15. The molecule has 3 aromatic rings. The smallest absolute Gasteiger partial charge is 0.136 e. The van der Waals surface area contributed by atoms with Crippen molar-refractivity contribution >= 4 is 11.3 Å². The molecule has 26 heavy (non-hydrogen) atoms. The number of aromatic nitrogens is 1. The Morgan fingerprint density at radius 1 is 1.00 bits per heavy atom. The second-order valence-corrected chi connectivity index (χ2v) is 7.67. The highest BCUT2D eigenvalue weighted by molar-refractivity contribution is 7.15. The molecular weight excluding hydrogens is 344 g/mol. The van der Waals surface area contributed by atoms with E-state index in [9.17, 15) is 0 Å². The Morgan fingerprint density at radius 3 is 2.46 bits per heavy atom. The first-order valence-electron chi connectivity index (χ1n) is 8.81. The summed E-state index contributed by atoms with van der Waals surface area (Å²) in [5.74, 6) is 1.73. The highest BCUT2D eigenvalue weighted by atomic mass is 32.1. The van der Waals surface area contributed by atoms with E-state index in [0.29, 0.717) is 6.61 Å². The minimum atomic E-state index is 0.552. The summed E-state index contributed by atoms with van der Waals surface area (Å²) in [5.41, 5.74) is 3.12. The molecule has 0 atom stereocenters. The molecule has 0 fully saturated rings. The van der Waals surface area contributed by atoms with Crippen LogP contribution in [0.4, 0.5) is 0 Å². The topological polar surface area (TPSA) is 34.6 Å². The number of hydrogen-bond acceptors (Lipinski definition) is 5. The third kappa shape index (κ3) is 3.51. The van der Waals surface area contributed by atoms with Gasteiger partial charge < -0.3 is 14.4 Å². The molecule has 0 unspecified atom stereocenters. The maximum Gasteiger partial charge on any atom is 0.136 e. The monoisotopic (exact) mass is 366 g/mol. The summed E-state index contributed by atoms with van der Waals surface area (Å²) in [6, 6.07) is 16.2. The standard InChI is InChI=1S/C21H22N2O2S/c1-23(2)12-7-13-24-14-19-22-20-15-8-3-5-10-17(15)25-18-11-6-4-9-16(18)21(20)26-19/h3-6,8-11H,7,12-14H2,1-2H3. The fourth-order valence-corrected chi connectivity index (χ4v) is 4.09. The molecule has 0 amide bonds. The molecule has 0 saturated carbocycles. The maximum atomic E-state index is 6.15. The Labute approximate surface area is 158 Å². The van der Waals surface area contributed by atoms with Gasteiger partial charge in [-0.15, -0.1) is 11.3 Å². The van der Waals surface area contributed by atoms with Gasteiger partial charge in [0.05, 0.1) is 17.2 Å². The average molecular weight is 366 g/mol. The second kappa shape index (κ2) is 7.58. The van der Waals surface area contributed by atoms with Gasteiger partial charge in [-0.2, -0.15) is 0 Å². The lowest BCUT2D eigenvalue weighted by molar-refractivity contribution is 0.113. The number of hydrogen-bond donors (Lipinski definition) is 0. The van der Waals surface area contributed by atoms with E-state index in [1.165, 1.54) is 0 Å². The fraction of sp³-hybridized carbons (Fsp3) is 0.286. The molecule has 0 aliphatic carbocycles. The van der Waals surface area contributed by atoms with Gasteiger partial charge in [-0.1, -0.05) is 24.3 Å². The molecule has 1 aromatic heterocycles. The van der Waals surface area contributed by atoms with Crippen LogP contribution in [0.1, 0.15) is 11.4 Å². The van der Waals surface area contributed by atoms with Crippen LogP contribution in [0.25, 0.3) is 21.7 Å². The van der Waals surface area contributed by atoms with Crippen molar-refractivity contribution < 1.29 is 9.47 Å². The summed E-state index contributed by atoms with van der Waals surface area (Å²) in [6.45, 7) is 2.33. The normalized spacial score (nSPS) is 12.1. The van der Waals surface area contributed by atoms with Crippen molar-refractivity contribution in [1.29, 1.82) is 0 Å². The summed E-state index contributed by atoms with van der Waals surface area (Å²) in [4.78, 5) is 8.21. The predicted molar refractivity (Wildman–Crippen MR) is 106 cm³/mol. The molecule has 0 N–H and O–H groups in total. The van der Waals surface area contributed by atoms with Gasteiger partial charge in [0.1, 0.15) is 16.5 Å². The molecule has 2 aromatic carbocycles. The van der Waals surface area contributed by atoms with E-state index in [1.54, 1.807) is 11.3 Å². The highest BCUT2D eigenvalue weighted by Crippen LogP contribution is 2.48. The number of thiazole rings is 1. The molecule has 1 aliphatic heterocycles. The summed E-state index contributed by atoms with van der Waals surface area (Å²) >= 11 is 1.69. The van der Waals surface area contributed by atoms with Crippen LogP contribution >= 0.6 is 11.3 Å². The summed E-state index contributed by atoms with van der Waals surface area (Å²) in [6.07, 6.45) is 1.03. The third-order valence-electron chi connectivity index (χ3n) is 4.28. The van der Waals surface area contributed by atoms with Gasteiger partial charge >= 0.3 is 0 Å². The molecule has 4 rings (SSSR count). The van der Waals surface area contributed by atoms with Gasteiger partial charge in [0.2, 0.25) is 0 Å². The Morgan fingerprint density at radius 2 is 1.69 bits per heavy atom. The van der Waals surface area contributed by atoms with Crippen molar-refractivity contribution in [3.05, 3.63) is 53.5 Å². The van der Waals surface area contributed by atoms with E-state index >= 15 is 0 Å². The molecule has 0 radical (unpaired) electrons. The van der Waals surface area contributed by atoms with Crippen LogP contribution in [0.2, 0.25) is 0 Å². The molecule has 134 valence electrons. The van der Waals surface area contributed by atoms with Crippen LogP contribution in [-0.2, 0) is 11.3 Å². The predicted octanol–water partition coefficient (Wildman–Crippen LogP) is 5.05. The van der Waals surface area contributed by atoms with Gasteiger partial charge in [-0.25, -0.2) is 4.98 Å². The highest BCUT2D eigenvalue weighted by Gasteiger charge is 2.24. The molecular formula is C21H22N2O2S. The Balaban J connectivity index is 1.62. The van der Waals surface area contributed by atoms with Crippen LogP contribution in [0.15, 0.2) is 48.5 Å². The zero-order valence-corrected chi connectivity index (χ0v) is 15.9. The van der Waals surface area contributed by atoms with E-state index in [2.05, 4.69) is 31.1 Å².